The van der Waals surface area contributed by atoms with Gasteiger partial charge in [0.15, 0.2) is 0 Å². The van der Waals surface area contributed by atoms with Gasteiger partial charge in [-0.3, -0.25) is 0 Å². The average molecular weight is 268 g/mol. The van der Waals surface area contributed by atoms with Crippen molar-refractivity contribution < 1.29 is 26.5 Å². The summed E-state index contributed by atoms with van der Waals surface area (Å²) in [5, 5.41) is 0. The van der Waals surface area contributed by atoms with Crippen molar-refractivity contribution in [1.82, 2.24) is 0 Å². The van der Waals surface area contributed by atoms with Crippen LogP contribution in [0.4, 0.5) is 13.2 Å². The number of carbonyl (C=O) groups excluding carboxylic acids is 2. The first-order chi connectivity index (χ1) is 7.84. The largest absolute Gasteiger partial charge is 0.648 e. The molecule has 0 aliphatic carbocycles. The first-order valence-electron chi connectivity index (χ1n) is 5.59. The minimum atomic E-state index is -4.97. The predicted octanol–water partition coefficient (Wildman–Crippen LogP) is 2.37. The van der Waals surface area contributed by atoms with Gasteiger partial charge in [0.1, 0.15) is 4.65 Å². The monoisotopic (exact) mass is 268 g/mol. The van der Waals surface area contributed by atoms with Crippen LogP contribution in [0.2, 0.25) is 0 Å². The number of unbranched alkanes of at least 4 members (excludes halogenated alkanes) is 2. The molecule has 0 aliphatic rings. The zero-order valence-electron chi connectivity index (χ0n) is 9.97. The van der Waals surface area contributed by atoms with Gasteiger partial charge < -0.3 is 13.4 Å². The fourth-order valence-electron chi connectivity index (χ4n) is 1.20. The van der Waals surface area contributed by atoms with Crippen molar-refractivity contribution in [2.24, 2.45) is 0 Å². The first-order valence-corrected chi connectivity index (χ1v) is 7.22. The maximum Gasteiger partial charge on any atom is 0.648 e. The van der Waals surface area contributed by atoms with Crippen molar-refractivity contribution in [3.63, 3.8) is 0 Å². The van der Waals surface area contributed by atoms with Gasteiger partial charge in [0, 0.05) is 6.61 Å². The molecule has 0 saturated heterocycles. The smallest absolute Gasteiger partial charge is 0.491 e. The molecule has 0 unspecified atom stereocenters. The molecule has 0 bridgehead atoms. The maximum absolute atomic E-state index is 12.2. The number of halogens is 3. The molecule has 0 rings (SSSR count). The van der Waals surface area contributed by atoms with Gasteiger partial charge in [0.2, 0.25) is 4.65 Å². The summed E-state index contributed by atoms with van der Waals surface area (Å²) in [4.78, 5) is 22.3. The number of alkyl halides is 3. The lowest BCUT2D eigenvalue weighted by Gasteiger charge is -2.12. The van der Waals surface area contributed by atoms with Crippen LogP contribution in [0.3, 0.4) is 0 Å². The Labute approximate surface area is 103 Å². The predicted molar refractivity (Wildman–Crippen MR) is 57.6 cm³/mol. The number of rotatable bonds is 8. The molecule has 0 heterocycles. The number of carbonyl (C=O) groups is 2. The summed E-state index contributed by atoms with van der Waals surface area (Å²) in [6.45, 7) is 3.42. The third-order valence-corrected chi connectivity index (χ3v) is 4.56. The van der Waals surface area contributed by atoms with E-state index in [0.717, 1.165) is 12.8 Å². The third kappa shape index (κ3) is 6.20. The Hall–Kier alpha value is -0.378. The molecule has 7 heteroatoms. The Morgan fingerprint density at radius 1 is 1.18 bits per heavy atom. The number of hydrogen-bond acceptors (Lipinski definition) is 3. The van der Waals surface area contributed by atoms with Crippen LogP contribution in [-0.4, -0.2) is 36.6 Å². The lowest BCUT2D eigenvalue weighted by Crippen LogP contribution is -2.46. The van der Waals surface area contributed by atoms with Crippen molar-refractivity contribution in [2.75, 3.05) is 6.61 Å². The normalized spacial score (nSPS) is 11.4. The lowest BCUT2D eigenvalue weighted by atomic mass is 10.3. The van der Waals surface area contributed by atoms with E-state index in [0.29, 0.717) is 6.42 Å². The van der Waals surface area contributed by atoms with Crippen LogP contribution in [0, 0.1) is 0 Å². The molecule has 0 radical (unpaired) electrons. The van der Waals surface area contributed by atoms with Gasteiger partial charge in [-0.15, -0.1) is 0 Å². The third-order valence-electron chi connectivity index (χ3n) is 2.19. The summed E-state index contributed by atoms with van der Waals surface area (Å²) in [6.07, 6.45) is -2.78. The molecule has 0 amide bonds. The zero-order valence-corrected chi connectivity index (χ0v) is 11.1. The molecule has 0 atom stereocenters. The second kappa shape index (κ2) is 7.85. The Kier molecular flexibility index (Phi) is 7.68. The zero-order chi connectivity index (χ0) is 13.5. The van der Waals surface area contributed by atoms with Crippen molar-refractivity contribution in [3.05, 3.63) is 0 Å². The van der Waals surface area contributed by atoms with Gasteiger partial charge in [0.25, 0.3) is 0 Å². The average Bonchev–Trinajstić information content (AvgIpc) is 2.26. The van der Waals surface area contributed by atoms with Gasteiger partial charge >= 0.3 is 20.7 Å². The van der Waals surface area contributed by atoms with Crippen molar-refractivity contribution in [2.45, 2.75) is 45.7 Å². The van der Waals surface area contributed by atoms with Crippen LogP contribution in [-0.2, 0) is 13.4 Å². The van der Waals surface area contributed by atoms with E-state index < -0.39 is 29.9 Å². The van der Waals surface area contributed by atoms with Crippen LogP contribution in [0.1, 0.15) is 39.5 Å². The first kappa shape index (κ1) is 16.6. The molecule has 0 N–H and O–H groups in total. The molecule has 0 aromatic carbocycles. The minimum absolute atomic E-state index is 0.0539. The fraction of sp³-hybridized carbons (Fsp3) is 0.800. The molecule has 0 spiro atoms. The molecule has 17 heavy (non-hydrogen) atoms. The molecule has 0 aliphatic heterocycles. The molecular weight excluding hydrogens is 252 g/mol. The van der Waals surface area contributed by atoms with Gasteiger partial charge in [-0.1, -0.05) is 26.7 Å². The van der Waals surface area contributed by atoms with E-state index in [4.69, 9.17) is 3.79 Å². The van der Waals surface area contributed by atoms with E-state index in [1.807, 2.05) is 6.92 Å². The van der Waals surface area contributed by atoms with Gasteiger partial charge in [-0.2, -0.15) is 13.2 Å². The molecule has 0 saturated carbocycles. The lowest BCUT2D eigenvalue weighted by molar-refractivity contribution is -0.163. The van der Waals surface area contributed by atoms with Gasteiger partial charge in [0.05, 0.1) is 0 Å². The van der Waals surface area contributed by atoms with Crippen LogP contribution in [0.25, 0.3) is 0 Å². The van der Waals surface area contributed by atoms with Crippen LogP contribution < -0.4 is 0 Å². The molecule has 0 aromatic rings. The quantitative estimate of drug-likeness (QED) is 0.501. The molecular formula is C10H16AlF3O3. The topological polar surface area (TPSA) is 43.4 Å². The van der Waals surface area contributed by atoms with Gasteiger partial charge in [-0.25, -0.2) is 0 Å². The molecule has 0 fully saturated rings. The minimum Gasteiger partial charge on any atom is -0.491 e. The highest BCUT2D eigenvalue weighted by Crippen LogP contribution is 2.18. The Morgan fingerprint density at radius 3 is 2.18 bits per heavy atom. The molecule has 98 valence electrons. The van der Waals surface area contributed by atoms with Crippen LogP contribution in [0.15, 0.2) is 0 Å². The Morgan fingerprint density at radius 2 is 1.76 bits per heavy atom. The van der Waals surface area contributed by atoms with Crippen molar-refractivity contribution >= 4 is 23.8 Å². The second-order valence-electron chi connectivity index (χ2n) is 3.64. The number of hydrogen-bond donors (Lipinski definition) is 0. The summed E-state index contributed by atoms with van der Waals surface area (Å²) in [5.41, 5.74) is 0. The van der Waals surface area contributed by atoms with E-state index >= 15 is 0 Å². The summed E-state index contributed by atoms with van der Waals surface area (Å²) >= 11 is -3.49. The van der Waals surface area contributed by atoms with Crippen molar-refractivity contribution in [1.29, 1.82) is 0 Å². The summed E-state index contributed by atoms with van der Waals surface area (Å²) < 4.78 is 38.9. The van der Waals surface area contributed by atoms with E-state index in [1.165, 1.54) is 6.92 Å². The second-order valence-corrected chi connectivity index (χ2v) is 5.90. The van der Waals surface area contributed by atoms with E-state index in [1.54, 1.807) is 0 Å². The Bertz CT molecular complexity index is 266. The fourth-order valence-corrected chi connectivity index (χ4v) is 2.90. The van der Waals surface area contributed by atoms with Crippen molar-refractivity contribution in [3.8, 4) is 0 Å². The van der Waals surface area contributed by atoms with E-state index in [-0.39, 0.29) is 13.0 Å². The maximum atomic E-state index is 12.2. The standard InChI is InChI=1S/C5H11O.C3H5O.C2F3O.Al/c1-2-3-4-5-6;1-2-3-4;3-2(4,5)1-6;/h2-5H2,1H3;2H2,1H3;;/q-1;;;+1. The Balaban J connectivity index is 4.45. The summed E-state index contributed by atoms with van der Waals surface area (Å²) in [6, 6.07) is 0. The van der Waals surface area contributed by atoms with Crippen LogP contribution in [0.5, 0.6) is 0 Å². The summed E-state index contributed by atoms with van der Waals surface area (Å²) in [7, 11) is 0. The molecule has 0 aromatic heterocycles. The SMILES string of the molecule is CCCCC[O][Al]([C](=O)CC)[C](=O)C(F)(F)F. The van der Waals surface area contributed by atoms with Gasteiger partial charge in [-0.05, 0) is 12.8 Å². The highest BCUT2D eigenvalue weighted by molar-refractivity contribution is 7.07. The van der Waals surface area contributed by atoms with E-state index in [9.17, 15) is 22.8 Å². The van der Waals surface area contributed by atoms with E-state index in [2.05, 4.69) is 0 Å². The molecule has 3 nitrogen and oxygen atoms in total. The highest BCUT2D eigenvalue weighted by atomic mass is 27.2. The highest BCUT2D eigenvalue weighted by Gasteiger charge is 2.52. The van der Waals surface area contributed by atoms with Crippen LogP contribution >= 0.6 is 0 Å². The summed E-state index contributed by atoms with van der Waals surface area (Å²) in [5.74, 6) is 0.